The predicted octanol–water partition coefficient (Wildman–Crippen LogP) is 4.35. The summed E-state index contributed by atoms with van der Waals surface area (Å²) in [6, 6.07) is 4.42. The summed E-state index contributed by atoms with van der Waals surface area (Å²) in [5.41, 5.74) is 0.684. The summed E-state index contributed by atoms with van der Waals surface area (Å²) in [6.07, 6.45) is 5.96. The Bertz CT molecular complexity index is 370. The van der Waals surface area contributed by atoms with Crippen LogP contribution in [0.15, 0.2) is 18.2 Å². The van der Waals surface area contributed by atoms with E-state index >= 15 is 0 Å². The van der Waals surface area contributed by atoms with Crippen LogP contribution in [0.25, 0.3) is 0 Å². The van der Waals surface area contributed by atoms with Crippen molar-refractivity contribution in [2.45, 2.75) is 45.1 Å². The van der Waals surface area contributed by atoms with E-state index in [0.717, 1.165) is 18.8 Å². The van der Waals surface area contributed by atoms with Crippen molar-refractivity contribution in [1.82, 2.24) is 0 Å². The Balaban J connectivity index is 1.91. The molecule has 1 nitrogen and oxygen atoms in total. The first-order valence-corrected chi connectivity index (χ1v) is 6.40. The van der Waals surface area contributed by atoms with Gasteiger partial charge in [-0.15, -0.1) is 0 Å². The third kappa shape index (κ3) is 3.18. The second-order valence-electron chi connectivity index (χ2n) is 4.90. The maximum absolute atomic E-state index is 13.0. The molecule has 0 radical (unpaired) electrons. The third-order valence-electron chi connectivity index (χ3n) is 3.71. The van der Waals surface area contributed by atoms with Crippen molar-refractivity contribution in [1.29, 1.82) is 0 Å². The second-order valence-corrected chi connectivity index (χ2v) is 4.90. The molecule has 0 aromatic heterocycles. The van der Waals surface area contributed by atoms with Crippen LogP contribution in [0.4, 0.5) is 14.5 Å². The SMILES string of the molecule is CCC1CCC(Nc2ccc(F)c(F)c2)CC1. The van der Waals surface area contributed by atoms with Gasteiger partial charge in [0, 0.05) is 17.8 Å². The number of rotatable bonds is 3. The van der Waals surface area contributed by atoms with Gasteiger partial charge in [0.05, 0.1) is 0 Å². The number of nitrogens with one attached hydrogen (secondary N) is 1. The van der Waals surface area contributed by atoms with Crippen molar-refractivity contribution in [2.75, 3.05) is 5.32 Å². The first kappa shape index (κ1) is 12.3. The van der Waals surface area contributed by atoms with Gasteiger partial charge in [-0.25, -0.2) is 8.78 Å². The Morgan fingerprint density at radius 2 is 1.82 bits per heavy atom. The predicted molar refractivity (Wildman–Crippen MR) is 66.0 cm³/mol. The number of hydrogen-bond acceptors (Lipinski definition) is 1. The van der Waals surface area contributed by atoms with Crippen molar-refractivity contribution in [3.05, 3.63) is 29.8 Å². The summed E-state index contributed by atoms with van der Waals surface area (Å²) < 4.78 is 25.8. The summed E-state index contributed by atoms with van der Waals surface area (Å²) >= 11 is 0. The van der Waals surface area contributed by atoms with Gasteiger partial charge in [0.1, 0.15) is 0 Å². The first-order valence-electron chi connectivity index (χ1n) is 6.40. The standard InChI is InChI=1S/C14H19F2N/c1-2-10-3-5-11(6-4-10)17-12-7-8-13(15)14(16)9-12/h7-11,17H,2-6H2,1H3. The van der Waals surface area contributed by atoms with E-state index < -0.39 is 11.6 Å². The molecular weight excluding hydrogens is 220 g/mol. The Kier molecular flexibility index (Phi) is 3.97. The molecule has 1 aliphatic rings. The topological polar surface area (TPSA) is 12.0 Å². The van der Waals surface area contributed by atoms with Crippen molar-refractivity contribution in [3.63, 3.8) is 0 Å². The molecule has 1 aromatic rings. The van der Waals surface area contributed by atoms with Crippen molar-refractivity contribution in [3.8, 4) is 0 Å². The van der Waals surface area contributed by atoms with Gasteiger partial charge < -0.3 is 5.32 Å². The fourth-order valence-electron chi connectivity index (χ4n) is 2.54. The van der Waals surface area contributed by atoms with Gasteiger partial charge in [-0.2, -0.15) is 0 Å². The van der Waals surface area contributed by atoms with E-state index in [2.05, 4.69) is 12.2 Å². The zero-order valence-corrected chi connectivity index (χ0v) is 10.2. The molecule has 1 aromatic carbocycles. The van der Waals surface area contributed by atoms with Gasteiger partial charge in [-0.1, -0.05) is 13.3 Å². The molecule has 1 fully saturated rings. The van der Waals surface area contributed by atoms with E-state index in [-0.39, 0.29) is 0 Å². The zero-order chi connectivity index (χ0) is 12.3. The molecule has 0 bridgehead atoms. The fourth-order valence-corrected chi connectivity index (χ4v) is 2.54. The molecule has 0 atom stereocenters. The lowest BCUT2D eigenvalue weighted by Crippen LogP contribution is -2.25. The number of anilines is 1. The van der Waals surface area contributed by atoms with Crippen LogP contribution in [0, 0.1) is 17.6 Å². The van der Waals surface area contributed by atoms with E-state index in [0.29, 0.717) is 11.7 Å². The lowest BCUT2D eigenvalue weighted by atomic mass is 9.84. The quantitative estimate of drug-likeness (QED) is 0.827. The average molecular weight is 239 g/mol. The molecule has 94 valence electrons. The summed E-state index contributed by atoms with van der Waals surface area (Å²) in [5.74, 6) is -0.722. The number of halogens is 2. The van der Waals surface area contributed by atoms with E-state index in [9.17, 15) is 8.78 Å². The van der Waals surface area contributed by atoms with Crippen LogP contribution in [0.2, 0.25) is 0 Å². The molecule has 0 heterocycles. The molecule has 0 unspecified atom stereocenters. The average Bonchev–Trinajstić information content (AvgIpc) is 2.35. The lowest BCUT2D eigenvalue weighted by molar-refractivity contribution is 0.330. The van der Waals surface area contributed by atoms with Gasteiger partial charge in [-0.05, 0) is 43.7 Å². The van der Waals surface area contributed by atoms with E-state index in [1.165, 1.54) is 31.4 Å². The highest BCUT2D eigenvalue weighted by atomic mass is 19.2. The van der Waals surface area contributed by atoms with Crippen molar-refractivity contribution in [2.24, 2.45) is 5.92 Å². The van der Waals surface area contributed by atoms with E-state index in [4.69, 9.17) is 0 Å². The maximum Gasteiger partial charge on any atom is 0.160 e. The second kappa shape index (κ2) is 5.48. The minimum absolute atomic E-state index is 0.405. The highest BCUT2D eigenvalue weighted by Gasteiger charge is 2.19. The van der Waals surface area contributed by atoms with Crippen LogP contribution < -0.4 is 5.32 Å². The number of hydrogen-bond donors (Lipinski definition) is 1. The lowest BCUT2D eigenvalue weighted by Gasteiger charge is -2.29. The van der Waals surface area contributed by atoms with Crippen LogP contribution in [-0.2, 0) is 0 Å². The number of benzene rings is 1. The molecule has 1 saturated carbocycles. The van der Waals surface area contributed by atoms with Gasteiger partial charge >= 0.3 is 0 Å². The van der Waals surface area contributed by atoms with Crippen LogP contribution in [0.3, 0.4) is 0 Å². The molecule has 0 amide bonds. The molecule has 0 aliphatic heterocycles. The van der Waals surface area contributed by atoms with E-state index in [1.54, 1.807) is 6.07 Å². The smallest absolute Gasteiger partial charge is 0.160 e. The Labute approximate surface area is 101 Å². The molecule has 1 aliphatic carbocycles. The third-order valence-corrected chi connectivity index (χ3v) is 3.71. The molecule has 2 rings (SSSR count). The molecule has 3 heteroatoms. The summed E-state index contributed by atoms with van der Waals surface area (Å²) in [6.45, 7) is 2.23. The van der Waals surface area contributed by atoms with Gasteiger partial charge in [-0.3, -0.25) is 0 Å². The minimum atomic E-state index is -0.787. The molecule has 17 heavy (non-hydrogen) atoms. The summed E-state index contributed by atoms with van der Waals surface area (Å²) in [5, 5.41) is 3.29. The van der Waals surface area contributed by atoms with Gasteiger partial charge in [0.2, 0.25) is 0 Å². The van der Waals surface area contributed by atoms with Crippen LogP contribution >= 0.6 is 0 Å². The Morgan fingerprint density at radius 3 is 2.41 bits per heavy atom. The largest absolute Gasteiger partial charge is 0.382 e. The van der Waals surface area contributed by atoms with Crippen molar-refractivity contribution >= 4 is 5.69 Å². The normalized spacial score (nSPS) is 24.6. The highest BCUT2D eigenvalue weighted by Crippen LogP contribution is 2.28. The molecule has 0 saturated heterocycles. The summed E-state index contributed by atoms with van der Waals surface area (Å²) in [4.78, 5) is 0. The maximum atomic E-state index is 13.0. The molecule has 1 N–H and O–H groups in total. The molecular formula is C14H19F2N. The first-order chi connectivity index (χ1) is 8.19. The molecule has 0 spiro atoms. The zero-order valence-electron chi connectivity index (χ0n) is 10.2. The fraction of sp³-hybridized carbons (Fsp3) is 0.571. The van der Waals surface area contributed by atoms with Gasteiger partial charge in [0.15, 0.2) is 11.6 Å². The van der Waals surface area contributed by atoms with Crippen LogP contribution in [-0.4, -0.2) is 6.04 Å². The van der Waals surface area contributed by atoms with Gasteiger partial charge in [0.25, 0.3) is 0 Å². The summed E-state index contributed by atoms with van der Waals surface area (Å²) in [7, 11) is 0. The highest BCUT2D eigenvalue weighted by molar-refractivity contribution is 5.44. The monoisotopic (exact) mass is 239 g/mol. The Hall–Kier alpha value is -1.12. The van der Waals surface area contributed by atoms with E-state index in [1.807, 2.05) is 0 Å². The van der Waals surface area contributed by atoms with Crippen LogP contribution in [0.1, 0.15) is 39.0 Å². The van der Waals surface area contributed by atoms with Crippen molar-refractivity contribution < 1.29 is 8.78 Å². The Morgan fingerprint density at radius 1 is 1.12 bits per heavy atom. The minimum Gasteiger partial charge on any atom is -0.382 e. The van der Waals surface area contributed by atoms with Crippen LogP contribution in [0.5, 0.6) is 0 Å².